The van der Waals surface area contributed by atoms with Crippen molar-refractivity contribution in [2.24, 2.45) is 10.8 Å². The van der Waals surface area contributed by atoms with Crippen LogP contribution in [0.2, 0.25) is 0 Å². The van der Waals surface area contributed by atoms with Gasteiger partial charge in [-0.15, -0.1) is 10.2 Å². The van der Waals surface area contributed by atoms with E-state index in [4.69, 9.17) is 0 Å². The van der Waals surface area contributed by atoms with Crippen molar-refractivity contribution in [2.75, 3.05) is 0 Å². The van der Waals surface area contributed by atoms with E-state index in [1.807, 2.05) is 0 Å². The second-order valence-corrected chi connectivity index (χ2v) is 7.27. The summed E-state index contributed by atoms with van der Waals surface area (Å²) in [4.78, 5) is 0. The maximum atomic E-state index is 4.04. The van der Waals surface area contributed by atoms with Crippen LogP contribution < -0.4 is 5.32 Å². The topological polar surface area (TPSA) is 66.5 Å². The lowest BCUT2D eigenvalue weighted by molar-refractivity contribution is 0.0806. The molecule has 1 atom stereocenters. The molecule has 0 aromatic carbocycles. The van der Waals surface area contributed by atoms with Crippen LogP contribution in [0.1, 0.15) is 65.7 Å². The molecular formula is C13H25N5. The molecule has 1 unspecified atom stereocenters. The largest absolute Gasteiger partial charge is 0.305 e. The van der Waals surface area contributed by atoms with Crippen LogP contribution >= 0.6 is 0 Å². The number of aromatic amines is 1. The Morgan fingerprint density at radius 2 is 1.83 bits per heavy atom. The van der Waals surface area contributed by atoms with Crippen molar-refractivity contribution in [3.63, 3.8) is 0 Å². The zero-order valence-corrected chi connectivity index (χ0v) is 12.1. The van der Waals surface area contributed by atoms with Crippen molar-refractivity contribution in [3.05, 3.63) is 5.82 Å². The van der Waals surface area contributed by atoms with Gasteiger partial charge in [-0.25, -0.2) is 0 Å². The molecule has 0 saturated heterocycles. The normalized spacial score (nSPS) is 24.9. The fourth-order valence-electron chi connectivity index (χ4n) is 3.74. The van der Waals surface area contributed by atoms with Crippen molar-refractivity contribution in [1.82, 2.24) is 25.9 Å². The van der Waals surface area contributed by atoms with E-state index < -0.39 is 0 Å². The average molecular weight is 251 g/mol. The van der Waals surface area contributed by atoms with Crippen LogP contribution in [0.3, 0.4) is 0 Å². The van der Waals surface area contributed by atoms with Crippen molar-refractivity contribution >= 4 is 0 Å². The Bertz CT molecular complexity index is 366. The van der Waals surface area contributed by atoms with Gasteiger partial charge in [0.05, 0.1) is 6.04 Å². The van der Waals surface area contributed by atoms with Crippen molar-refractivity contribution in [1.29, 1.82) is 0 Å². The van der Waals surface area contributed by atoms with Gasteiger partial charge in [-0.1, -0.05) is 32.9 Å². The van der Waals surface area contributed by atoms with E-state index in [1.165, 1.54) is 19.3 Å². The molecule has 0 aliphatic heterocycles. The predicted molar refractivity (Wildman–Crippen MR) is 70.9 cm³/mol. The number of tetrazole rings is 1. The molecule has 0 radical (unpaired) electrons. The predicted octanol–water partition coefficient (Wildman–Crippen LogP) is 2.46. The number of nitrogens with zero attached hydrogens (tertiary/aromatic N) is 3. The van der Waals surface area contributed by atoms with Gasteiger partial charge < -0.3 is 5.32 Å². The summed E-state index contributed by atoms with van der Waals surface area (Å²) in [6.45, 7) is 11.5. The Morgan fingerprint density at radius 1 is 1.22 bits per heavy atom. The number of nitrogens with one attached hydrogen (secondary N) is 2. The van der Waals surface area contributed by atoms with Crippen LogP contribution in [-0.4, -0.2) is 26.7 Å². The second kappa shape index (κ2) is 4.61. The minimum atomic E-state index is 0.151. The van der Waals surface area contributed by atoms with Crippen LogP contribution in [-0.2, 0) is 0 Å². The van der Waals surface area contributed by atoms with Gasteiger partial charge in [-0.3, -0.25) is 0 Å². The van der Waals surface area contributed by atoms with E-state index in [0.717, 1.165) is 5.82 Å². The number of aromatic nitrogens is 4. The molecule has 1 aliphatic rings. The molecule has 1 saturated carbocycles. The van der Waals surface area contributed by atoms with Crippen molar-refractivity contribution < 1.29 is 0 Å². The summed E-state index contributed by atoms with van der Waals surface area (Å²) in [5.41, 5.74) is 0.798. The summed E-state index contributed by atoms with van der Waals surface area (Å²) < 4.78 is 0. The van der Waals surface area contributed by atoms with Gasteiger partial charge in [0.1, 0.15) is 0 Å². The molecule has 18 heavy (non-hydrogen) atoms. The molecule has 1 fully saturated rings. The Balaban J connectivity index is 2.01. The molecule has 102 valence electrons. The summed E-state index contributed by atoms with van der Waals surface area (Å²) in [6.07, 6.45) is 3.70. The van der Waals surface area contributed by atoms with E-state index in [9.17, 15) is 0 Å². The third-order valence-electron chi connectivity index (χ3n) is 3.79. The first-order chi connectivity index (χ1) is 8.27. The van der Waals surface area contributed by atoms with Gasteiger partial charge in [0, 0.05) is 6.04 Å². The standard InChI is InChI=1S/C13H25N5/c1-9(11-15-17-18-16-11)14-10-6-12(2,3)8-13(4,5)7-10/h9-10,14H,6-8H2,1-5H3,(H,15,16,17,18). The maximum Gasteiger partial charge on any atom is 0.191 e. The molecule has 1 aromatic heterocycles. The van der Waals surface area contributed by atoms with E-state index >= 15 is 0 Å². The minimum absolute atomic E-state index is 0.151. The van der Waals surface area contributed by atoms with E-state index in [1.54, 1.807) is 0 Å². The van der Waals surface area contributed by atoms with Gasteiger partial charge in [-0.2, -0.15) is 5.21 Å². The highest BCUT2D eigenvalue weighted by molar-refractivity contribution is 4.95. The SMILES string of the molecule is CC(NC1CC(C)(C)CC(C)(C)C1)c1nn[nH]n1. The Labute approximate surface area is 109 Å². The molecule has 5 heteroatoms. The van der Waals surface area contributed by atoms with Crippen LogP contribution in [0.15, 0.2) is 0 Å². The molecule has 1 aliphatic carbocycles. The molecule has 1 aromatic rings. The van der Waals surface area contributed by atoms with Gasteiger partial charge in [-0.05, 0) is 37.0 Å². The first-order valence-electron chi connectivity index (χ1n) is 6.77. The third-order valence-corrected chi connectivity index (χ3v) is 3.79. The first kappa shape index (κ1) is 13.5. The van der Waals surface area contributed by atoms with E-state index in [-0.39, 0.29) is 6.04 Å². The molecule has 0 bridgehead atoms. The monoisotopic (exact) mass is 251 g/mol. The minimum Gasteiger partial charge on any atom is -0.305 e. The summed E-state index contributed by atoms with van der Waals surface area (Å²) in [6, 6.07) is 0.677. The molecule has 0 spiro atoms. The van der Waals surface area contributed by atoms with Crippen LogP contribution in [0, 0.1) is 10.8 Å². The molecule has 2 rings (SSSR count). The maximum absolute atomic E-state index is 4.04. The van der Waals surface area contributed by atoms with Crippen LogP contribution in [0.4, 0.5) is 0 Å². The molecule has 0 amide bonds. The summed E-state index contributed by atoms with van der Waals surface area (Å²) in [5, 5.41) is 17.9. The van der Waals surface area contributed by atoms with Gasteiger partial charge in [0.2, 0.25) is 0 Å². The zero-order valence-electron chi connectivity index (χ0n) is 12.1. The van der Waals surface area contributed by atoms with Gasteiger partial charge >= 0.3 is 0 Å². The second-order valence-electron chi connectivity index (χ2n) is 7.27. The number of hydrogen-bond donors (Lipinski definition) is 2. The molecule has 2 N–H and O–H groups in total. The lowest BCUT2D eigenvalue weighted by Gasteiger charge is -2.45. The van der Waals surface area contributed by atoms with Crippen LogP contribution in [0.25, 0.3) is 0 Å². The zero-order chi connectivity index (χ0) is 13.4. The molecule has 1 heterocycles. The molecule has 5 nitrogen and oxygen atoms in total. The summed E-state index contributed by atoms with van der Waals surface area (Å²) in [5.74, 6) is 0.746. The van der Waals surface area contributed by atoms with Crippen molar-refractivity contribution in [3.8, 4) is 0 Å². The van der Waals surface area contributed by atoms with E-state index in [0.29, 0.717) is 16.9 Å². The van der Waals surface area contributed by atoms with Crippen molar-refractivity contribution in [2.45, 2.75) is 66.0 Å². The summed E-state index contributed by atoms with van der Waals surface area (Å²) in [7, 11) is 0. The lowest BCUT2D eigenvalue weighted by Crippen LogP contribution is -2.44. The van der Waals surface area contributed by atoms with E-state index in [2.05, 4.69) is 60.6 Å². The Hall–Kier alpha value is -0.970. The highest BCUT2D eigenvalue weighted by Crippen LogP contribution is 2.45. The Morgan fingerprint density at radius 3 is 2.33 bits per heavy atom. The quantitative estimate of drug-likeness (QED) is 0.866. The number of hydrogen-bond acceptors (Lipinski definition) is 4. The molecular weight excluding hydrogens is 226 g/mol. The summed E-state index contributed by atoms with van der Waals surface area (Å²) >= 11 is 0. The smallest absolute Gasteiger partial charge is 0.191 e. The highest BCUT2D eigenvalue weighted by atomic mass is 15.5. The van der Waals surface area contributed by atoms with Crippen LogP contribution in [0.5, 0.6) is 0 Å². The van der Waals surface area contributed by atoms with Gasteiger partial charge in [0.25, 0.3) is 0 Å². The Kier molecular flexibility index (Phi) is 3.45. The third kappa shape index (κ3) is 3.28. The lowest BCUT2D eigenvalue weighted by atomic mass is 9.63. The fourth-order valence-corrected chi connectivity index (χ4v) is 3.74. The highest BCUT2D eigenvalue weighted by Gasteiger charge is 2.38. The van der Waals surface area contributed by atoms with Gasteiger partial charge in [0.15, 0.2) is 5.82 Å². The number of rotatable bonds is 3. The fraction of sp³-hybridized carbons (Fsp3) is 0.923. The average Bonchev–Trinajstić information content (AvgIpc) is 2.63. The first-order valence-corrected chi connectivity index (χ1v) is 6.77. The number of H-pyrrole nitrogens is 1.